The van der Waals surface area contributed by atoms with E-state index >= 15 is 0 Å². The second-order valence-electron chi connectivity index (χ2n) is 18.7. The van der Waals surface area contributed by atoms with Gasteiger partial charge < -0.3 is 78.4 Å². The van der Waals surface area contributed by atoms with Gasteiger partial charge in [0.2, 0.25) is 0 Å². The number of aliphatic hydroxyl groups is 4. The standard InChI is InChI=1S/C54H54N2O17/c1-3-7-41-64-25-39-47(71-41)43(57)45(59)49(69-39)55-29-15-11-27(12-16-29)51(61)66-31-19-21-35-37(23-31)68-38-24-32(20-22-36(38)54(35)34-10-6-5-9-33(34)53(63)73-54)67-52(62)28-13-17-30(18-14-28)56-50-46(60)44(58)48-40(70-50)26-65-42(72-48)8-4-2/h5-6,9-24,39-50,55-60H,3-4,7-8,25-26H2,1-2H3/t39-,40-,41?,42?,43-,44-,45-,46-,47-,48-,49-,50-,54?/m1/s1. The highest BCUT2D eigenvalue weighted by atomic mass is 16.7. The normalized spacial score (nSPS) is 30.8. The Morgan fingerprint density at radius 1 is 0.589 bits per heavy atom. The van der Waals surface area contributed by atoms with Gasteiger partial charge in [-0.3, -0.25) is 0 Å². The zero-order valence-electron chi connectivity index (χ0n) is 39.7. The topological polar surface area (TPSA) is 248 Å². The summed E-state index contributed by atoms with van der Waals surface area (Å²) in [7, 11) is 0. The van der Waals surface area contributed by atoms with Gasteiger partial charge in [-0.25, -0.2) is 14.4 Å². The number of rotatable bonds is 12. The Morgan fingerprint density at radius 2 is 1.05 bits per heavy atom. The molecular formula is C54H54N2O17. The smallest absolute Gasteiger partial charge is 0.343 e. The van der Waals surface area contributed by atoms with E-state index < -0.39 is 97.4 Å². The molecule has 19 heteroatoms. The molecule has 12 atom stereocenters. The highest BCUT2D eigenvalue weighted by Gasteiger charge is 2.54. The Balaban J connectivity index is 0.774. The van der Waals surface area contributed by atoms with Gasteiger partial charge in [-0.1, -0.05) is 44.9 Å². The Hall–Kier alpha value is -6.49. The van der Waals surface area contributed by atoms with Crippen LogP contribution in [0, 0.1) is 0 Å². The Labute approximate surface area is 418 Å². The first-order chi connectivity index (χ1) is 35.4. The monoisotopic (exact) mass is 1000 g/mol. The van der Waals surface area contributed by atoms with Crippen LogP contribution in [0.3, 0.4) is 0 Å². The molecule has 0 amide bonds. The van der Waals surface area contributed by atoms with Gasteiger partial charge in [0, 0.05) is 40.2 Å². The lowest BCUT2D eigenvalue weighted by Crippen LogP contribution is -2.64. The first-order valence-electron chi connectivity index (χ1n) is 24.4. The van der Waals surface area contributed by atoms with Crippen LogP contribution < -0.4 is 24.8 Å². The summed E-state index contributed by atoms with van der Waals surface area (Å²) < 4.78 is 59.7. The van der Waals surface area contributed by atoms with E-state index in [9.17, 15) is 34.8 Å². The third-order valence-corrected chi connectivity index (χ3v) is 13.9. The number of carbonyl (C=O) groups excluding carboxylic acids is 3. The maximum atomic E-state index is 13.6. The molecule has 6 aliphatic rings. The molecule has 0 bridgehead atoms. The van der Waals surface area contributed by atoms with Crippen LogP contribution in [0.4, 0.5) is 11.4 Å². The van der Waals surface area contributed by atoms with Gasteiger partial charge in [0.05, 0.1) is 29.9 Å². The summed E-state index contributed by atoms with van der Waals surface area (Å²) in [6.45, 7) is 4.39. The maximum Gasteiger partial charge on any atom is 0.343 e. The third kappa shape index (κ3) is 9.20. The molecule has 4 fully saturated rings. The first-order valence-corrected chi connectivity index (χ1v) is 24.4. The maximum absolute atomic E-state index is 13.6. The minimum absolute atomic E-state index is 0.116. The fourth-order valence-electron chi connectivity index (χ4n) is 10.2. The molecule has 5 aromatic rings. The number of benzene rings is 5. The molecule has 11 rings (SSSR count). The van der Waals surface area contributed by atoms with Crippen molar-refractivity contribution in [3.63, 3.8) is 0 Å². The summed E-state index contributed by atoms with van der Waals surface area (Å²) in [6, 6.07) is 29.1. The summed E-state index contributed by atoms with van der Waals surface area (Å²) >= 11 is 0. The number of carbonyl (C=O) groups is 3. The van der Waals surface area contributed by atoms with Gasteiger partial charge in [-0.2, -0.15) is 0 Å². The van der Waals surface area contributed by atoms with Crippen molar-refractivity contribution in [2.24, 2.45) is 0 Å². The molecule has 0 radical (unpaired) electrons. The number of nitrogens with one attached hydrogen (secondary N) is 2. The first kappa shape index (κ1) is 48.8. The average molecular weight is 1000 g/mol. The van der Waals surface area contributed by atoms with E-state index in [1.165, 1.54) is 36.4 Å². The minimum Gasteiger partial charge on any atom is -0.456 e. The Kier molecular flexibility index (Phi) is 13.4. The molecule has 6 N–H and O–H groups in total. The highest BCUT2D eigenvalue weighted by molar-refractivity contribution is 5.97. The minimum atomic E-state index is -1.48. The summed E-state index contributed by atoms with van der Waals surface area (Å²) in [4.78, 5) is 40.7. The van der Waals surface area contributed by atoms with Crippen molar-refractivity contribution in [3.8, 4) is 23.0 Å². The van der Waals surface area contributed by atoms with Gasteiger partial charge >= 0.3 is 17.9 Å². The number of anilines is 2. The van der Waals surface area contributed by atoms with Crippen molar-refractivity contribution in [2.75, 3.05) is 23.8 Å². The number of aliphatic hydroxyl groups excluding tert-OH is 4. The molecule has 4 saturated heterocycles. The van der Waals surface area contributed by atoms with Crippen LogP contribution in [0.5, 0.6) is 23.0 Å². The average Bonchev–Trinajstić information content (AvgIpc) is 3.70. The fraction of sp³-hybridized carbons (Fsp3) is 0.389. The second-order valence-corrected chi connectivity index (χ2v) is 18.7. The number of hydrogen-bond donors (Lipinski definition) is 6. The zero-order chi connectivity index (χ0) is 50.5. The molecule has 0 aliphatic carbocycles. The van der Waals surface area contributed by atoms with Gasteiger partial charge in [0.15, 0.2) is 30.6 Å². The lowest BCUT2D eigenvalue weighted by atomic mass is 9.77. The molecular weight excluding hydrogens is 949 g/mol. The van der Waals surface area contributed by atoms with E-state index in [0.29, 0.717) is 46.5 Å². The molecule has 0 aromatic heterocycles. The number of hydrogen-bond acceptors (Lipinski definition) is 19. The third-order valence-electron chi connectivity index (χ3n) is 13.9. The Morgan fingerprint density at radius 3 is 1.52 bits per heavy atom. The summed E-state index contributed by atoms with van der Waals surface area (Å²) in [5, 5.41) is 49.7. The zero-order valence-corrected chi connectivity index (χ0v) is 39.7. The van der Waals surface area contributed by atoms with E-state index in [-0.39, 0.29) is 47.3 Å². The van der Waals surface area contributed by atoms with Gasteiger partial charge in [0.25, 0.3) is 0 Å². The van der Waals surface area contributed by atoms with Gasteiger partial charge in [-0.05, 0) is 91.7 Å². The Bertz CT molecular complexity index is 2700. The molecule has 0 saturated carbocycles. The van der Waals surface area contributed by atoms with E-state index in [0.717, 1.165) is 12.8 Å². The van der Waals surface area contributed by atoms with Gasteiger partial charge in [-0.15, -0.1) is 0 Å². The lowest BCUT2D eigenvalue weighted by Gasteiger charge is -2.46. The van der Waals surface area contributed by atoms with Gasteiger partial charge in [0.1, 0.15) is 71.8 Å². The quantitative estimate of drug-likeness (QED) is 0.0668. The van der Waals surface area contributed by atoms with E-state index in [4.69, 9.17) is 47.4 Å². The molecule has 6 heterocycles. The largest absolute Gasteiger partial charge is 0.456 e. The van der Waals surface area contributed by atoms with Crippen molar-refractivity contribution in [1.29, 1.82) is 0 Å². The summed E-state index contributed by atoms with van der Waals surface area (Å²) in [5.41, 5.74) is 1.76. The SMILES string of the molecule is CCCC1OC[C@H]2O[C@@H](Nc3ccc(C(=O)Oc4ccc5c(c4)Oc4cc(OC(=O)c6ccc(N[C@@H]7O[C@@H]8COC(CCC)O[C@H]8[C@H](O)[C@H]7O)cc6)ccc4C54OC(=O)c5ccccc54)cc3)[C@H](O)[C@@H](O)[C@@H]2O1. The predicted molar refractivity (Wildman–Crippen MR) is 255 cm³/mol. The van der Waals surface area contributed by atoms with Crippen molar-refractivity contribution in [1.82, 2.24) is 0 Å². The van der Waals surface area contributed by atoms with E-state index in [2.05, 4.69) is 10.6 Å². The van der Waals surface area contributed by atoms with Crippen LogP contribution in [0.2, 0.25) is 0 Å². The fourth-order valence-corrected chi connectivity index (χ4v) is 10.2. The molecule has 382 valence electrons. The van der Waals surface area contributed by atoms with Crippen LogP contribution in [0.25, 0.3) is 0 Å². The van der Waals surface area contributed by atoms with Crippen molar-refractivity contribution >= 4 is 29.3 Å². The van der Waals surface area contributed by atoms with Crippen molar-refractivity contribution in [3.05, 3.63) is 143 Å². The number of fused-ring (bicyclic) bond motifs is 8. The molecule has 6 aliphatic heterocycles. The molecule has 19 nitrogen and oxygen atoms in total. The molecule has 5 aromatic carbocycles. The molecule has 73 heavy (non-hydrogen) atoms. The second kappa shape index (κ2) is 20.1. The molecule has 2 unspecified atom stereocenters. The highest BCUT2D eigenvalue weighted by Crippen LogP contribution is 2.57. The summed E-state index contributed by atoms with van der Waals surface area (Å²) in [5.74, 6) is -1.30. The lowest BCUT2D eigenvalue weighted by molar-refractivity contribution is -0.322. The predicted octanol–water partition coefficient (Wildman–Crippen LogP) is 5.49. The van der Waals surface area contributed by atoms with Crippen molar-refractivity contribution < 1.29 is 82.2 Å². The van der Waals surface area contributed by atoms with Crippen LogP contribution in [0.15, 0.2) is 109 Å². The van der Waals surface area contributed by atoms with Crippen LogP contribution in [-0.4, -0.2) is 125 Å². The van der Waals surface area contributed by atoms with Crippen LogP contribution in [0.1, 0.15) is 87.3 Å². The van der Waals surface area contributed by atoms with E-state index in [1.54, 1.807) is 72.8 Å². The van der Waals surface area contributed by atoms with Crippen molar-refractivity contribution in [2.45, 2.75) is 119 Å². The number of esters is 3. The molecule has 1 spiro atoms. The van der Waals surface area contributed by atoms with E-state index in [1.807, 2.05) is 13.8 Å². The van der Waals surface area contributed by atoms with Crippen LogP contribution in [-0.2, 0) is 38.8 Å². The summed E-state index contributed by atoms with van der Waals surface area (Å²) in [6.07, 6.45) is -7.73. The van der Waals surface area contributed by atoms with Crippen LogP contribution >= 0.6 is 0 Å². The number of ether oxygens (including phenoxy) is 10.